The summed E-state index contributed by atoms with van der Waals surface area (Å²) in [5.74, 6) is -3.72. The van der Waals surface area contributed by atoms with Crippen molar-refractivity contribution in [2.45, 2.75) is 70.1 Å². The predicted molar refractivity (Wildman–Crippen MR) is 145 cm³/mol. The zero-order valence-corrected chi connectivity index (χ0v) is 22.2. The van der Waals surface area contributed by atoms with Crippen molar-refractivity contribution in [1.82, 2.24) is 16.0 Å². The number of guanidine groups is 2. The number of nitrogens with two attached hydrogens (primary N) is 5. The lowest BCUT2D eigenvalue weighted by Gasteiger charge is -2.27. The van der Waals surface area contributed by atoms with Gasteiger partial charge in [0.25, 0.3) is 0 Å². The molecule has 0 aliphatic carbocycles. The number of carboxylic acids is 1. The molecule has 0 aromatic carbocycles. The quantitative estimate of drug-likeness (QED) is 0.0358. The van der Waals surface area contributed by atoms with Crippen molar-refractivity contribution >= 4 is 48.2 Å². The minimum atomic E-state index is -1.25. The lowest BCUT2D eigenvalue weighted by molar-refractivity contribution is -0.142. The van der Waals surface area contributed by atoms with E-state index in [2.05, 4.69) is 38.6 Å². The Bertz CT molecular complexity index is 818. The smallest absolute Gasteiger partial charge is 0.326 e. The van der Waals surface area contributed by atoms with E-state index in [0.29, 0.717) is 32.2 Å². The summed E-state index contributed by atoms with van der Waals surface area (Å²) < 4.78 is 0. The summed E-state index contributed by atoms with van der Waals surface area (Å²) in [6.45, 7) is 4.11. The van der Waals surface area contributed by atoms with Crippen LogP contribution < -0.4 is 44.6 Å². The van der Waals surface area contributed by atoms with Gasteiger partial charge in [0.15, 0.2) is 11.9 Å². The minimum absolute atomic E-state index is 0.0603. The standard InChI is InChI=1S/C21H42N10O5S/c1-3-11(2)15(31-16(32)12(22)6-4-8-27-20(23)24)18(34)30-14(10-37)17(33)29-13(19(35)36)7-5-9-28-21(25)26/h11-15,37H,3-10,22H2,1-2H3,(H,29,33)(H,30,34)(H,31,32)(H,35,36)(H4,23,24,27)(H4,25,26,28). The predicted octanol–water partition coefficient (Wildman–Crippen LogP) is -3.06. The van der Waals surface area contributed by atoms with E-state index in [1.165, 1.54) is 0 Å². The molecule has 212 valence electrons. The molecule has 0 aromatic heterocycles. The maximum Gasteiger partial charge on any atom is 0.326 e. The molecule has 0 bridgehead atoms. The Morgan fingerprint density at radius 1 is 0.838 bits per heavy atom. The highest BCUT2D eigenvalue weighted by atomic mass is 32.1. The van der Waals surface area contributed by atoms with Crippen molar-refractivity contribution < 1.29 is 24.3 Å². The summed E-state index contributed by atoms with van der Waals surface area (Å²) in [7, 11) is 0. The molecule has 0 saturated heterocycles. The third kappa shape index (κ3) is 14.2. The van der Waals surface area contributed by atoms with Gasteiger partial charge in [-0.3, -0.25) is 24.4 Å². The summed E-state index contributed by atoms with van der Waals surface area (Å²) in [4.78, 5) is 57.5. The summed E-state index contributed by atoms with van der Waals surface area (Å²) in [6.07, 6.45) is 1.68. The van der Waals surface area contributed by atoms with Crippen molar-refractivity contribution in [3.63, 3.8) is 0 Å². The minimum Gasteiger partial charge on any atom is -0.480 e. The maximum atomic E-state index is 13.0. The van der Waals surface area contributed by atoms with E-state index in [0.717, 1.165) is 0 Å². The highest BCUT2D eigenvalue weighted by Gasteiger charge is 2.31. The fraction of sp³-hybridized carbons (Fsp3) is 0.714. The first-order chi connectivity index (χ1) is 17.3. The van der Waals surface area contributed by atoms with Crippen LogP contribution in [0, 0.1) is 5.92 Å². The number of amides is 3. The van der Waals surface area contributed by atoms with Crippen LogP contribution in [-0.2, 0) is 19.2 Å². The van der Waals surface area contributed by atoms with Crippen LogP contribution in [0.3, 0.4) is 0 Å². The van der Waals surface area contributed by atoms with Crippen molar-refractivity contribution in [3.05, 3.63) is 0 Å². The van der Waals surface area contributed by atoms with Crippen LogP contribution in [0.4, 0.5) is 0 Å². The van der Waals surface area contributed by atoms with Crippen LogP contribution in [0.15, 0.2) is 9.98 Å². The summed E-state index contributed by atoms with van der Waals surface area (Å²) in [6, 6.07) is -4.24. The Balaban J connectivity index is 5.19. The number of carbonyl (C=O) groups excluding carboxylic acids is 3. The molecule has 5 unspecified atom stereocenters. The van der Waals surface area contributed by atoms with Crippen LogP contribution in [-0.4, -0.2) is 83.7 Å². The van der Waals surface area contributed by atoms with Crippen LogP contribution >= 0.6 is 12.6 Å². The molecule has 0 aliphatic heterocycles. The number of nitrogens with zero attached hydrogens (tertiary/aromatic N) is 2. The second-order valence-corrected chi connectivity index (χ2v) is 8.88. The second kappa shape index (κ2) is 18.0. The van der Waals surface area contributed by atoms with Gasteiger partial charge >= 0.3 is 5.97 Å². The van der Waals surface area contributed by atoms with Gasteiger partial charge < -0.3 is 49.7 Å². The fourth-order valence-electron chi connectivity index (χ4n) is 3.10. The summed E-state index contributed by atoms with van der Waals surface area (Å²) in [5, 5.41) is 17.0. The lowest BCUT2D eigenvalue weighted by Crippen LogP contribution is -2.59. The SMILES string of the molecule is CCC(C)C(NC(=O)C(N)CCCN=C(N)N)C(=O)NC(CS)C(=O)NC(CCCN=C(N)N)C(=O)O. The molecule has 0 aliphatic rings. The number of thiol groups is 1. The third-order valence-electron chi connectivity index (χ3n) is 5.47. The monoisotopic (exact) mass is 546 g/mol. The molecule has 5 atom stereocenters. The molecule has 0 saturated carbocycles. The molecular weight excluding hydrogens is 504 g/mol. The van der Waals surface area contributed by atoms with Crippen molar-refractivity contribution in [1.29, 1.82) is 0 Å². The van der Waals surface area contributed by atoms with Crippen molar-refractivity contribution in [2.24, 2.45) is 44.6 Å². The molecule has 0 radical (unpaired) electrons. The van der Waals surface area contributed by atoms with Crippen LogP contribution in [0.25, 0.3) is 0 Å². The number of aliphatic carboxylic acids is 1. The Labute approximate surface area is 222 Å². The first-order valence-corrected chi connectivity index (χ1v) is 12.6. The van der Waals surface area contributed by atoms with E-state index in [1.807, 2.05) is 6.92 Å². The second-order valence-electron chi connectivity index (χ2n) is 8.52. The molecule has 0 fully saturated rings. The number of rotatable bonds is 18. The largest absolute Gasteiger partial charge is 0.480 e. The van der Waals surface area contributed by atoms with Gasteiger partial charge in [-0.2, -0.15) is 12.6 Å². The maximum absolute atomic E-state index is 13.0. The molecule has 0 aromatic rings. The first kappa shape index (κ1) is 33.7. The average Bonchev–Trinajstić information content (AvgIpc) is 2.83. The highest BCUT2D eigenvalue weighted by molar-refractivity contribution is 7.80. The van der Waals surface area contributed by atoms with Crippen LogP contribution in [0.2, 0.25) is 0 Å². The first-order valence-electron chi connectivity index (χ1n) is 11.9. The van der Waals surface area contributed by atoms with E-state index in [1.54, 1.807) is 6.92 Å². The van der Waals surface area contributed by atoms with E-state index in [-0.39, 0.29) is 36.6 Å². The zero-order chi connectivity index (χ0) is 28.5. The Kier molecular flexibility index (Phi) is 16.5. The molecule has 0 heterocycles. The summed E-state index contributed by atoms with van der Waals surface area (Å²) >= 11 is 4.12. The Morgan fingerprint density at radius 3 is 1.81 bits per heavy atom. The van der Waals surface area contributed by atoms with Gasteiger partial charge in [-0.05, 0) is 31.6 Å². The number of hydrogen-bond acceptors (Lipinski definition) is 8. The Hall–Kier alpha value is -3.27. The normalized spacial score (nSPS) is 14.7. The molecular formula is C21H42N10O5S. The number of hydrogen-bond donors (Lipinski definition) is 10. The Morgan fingerprint density at radius 2 is 1.35 bits per heavy atom. The highest BCUT2D eigenvalue weighted by Crippen LogP contribution is 2.10. The van der Waals surface area contributed by atoms with Gasteiger partial charge in [0.2, 0.25) is 17.7 Å². The van der Waals surface area contributed by atoms with Crippen molar-refractivity contribution in [3.8, 4) is 0 Å². The van der Waals surface area contributed by atoms with E-state index >= 15 is 0 Å². The van der Waals surface area contributed by atoms with Crippen LogP contribution in [0.5, 0.6) is 0 Å². The molecule has 0 rings (SSSR count). The third-order valence-corrected chi connectivity index (χ3v) is 5.84. The van der Waals surface area contributed by atoms with E-state index < -0.39 is 47.9 Å². The lowest BCUT2D eigenvalue weighted by atomic mass is 9.97. The molecule has 15 nitrogen and oxygen atoms in total. The number of carbonyl (C=O) groups is 4. The van der Waals surface area contributed by atoms with Gasteiger partial charge in [-0.25, -0.2) is 4.79 Å². The van der Waals surface area contributed by atoms with E-state index in [4.69, 9.17) is 28.7 Å². The molecule has 14 N–H and O–H groups in total. The molecule has 3 amide bonds. The fourth-order valence-corrected chi connectivity index (χ4v) is 3.36. The average molecular weight is 547 g/mol. The van der Waals surface area contributed by atoms with Crippen LogP contribution in [0.1, 0.15) is 46.0 Å². The molecule has 0 spiro atoms. The topological polar surface area (TPSA) is 279 Å². The van der Waals surface area contributed by atoms with Crippen molar-refractivity contribution in [2.75, 3.05) is 18.8 Å². The molecule has 37 heavy (non-hydrogen) atoms. The van der Waals surface area contributed by atoms with E-state index in [9.17, 15) is 24.3 Å². The molecule has 16 heteroatoms. The van der Waals surface area contributed by atoms with Gasteiger partial charge in [0.1, 0.15) is 18.1 Å². The zero-order valence-electron chi connectivity index (χ0n) is 21.4. The van der Waals surface area contributed by atoms with Gasteiger partial charge in [0.05, 0.1) is 6.04 Å². The number of carboxylic acid groups (broad SMARTS) is 1. The van der Waals surface area contributed by atoms with Gasteiger partial charge in [-0.1, -0.05) is 20.3 Å². The summed E-state index contributed by atoms with van der Waals surface area (Å²) in [5.41, 5.74) is 27.0. The van der Waals surface area contributed by atoms with Gasteiger partial charge in [0, 0.05) is 18.8 Å². The number of nitrogens with one attached hydrogen (secondary N) is 3. The van der Waals surface area contributed by atoms with Gasteiger partial charge in [-0.15, -0.1) is 0 Å². The number of aliphatic imine (C=N–C) groups is 2.